The van der Waals surface area contributed by atoms with Crippen LogP contribution in [0.15, 0.2) is 18.2 Å². The molecule has 0 aliphatic carbocycles. The van der Waals surface area contributed by atoms with Gasteiger partial charge in [0.15, 0.2) is 0 Å². The van der Waals surface area contributed by atoms with Crippen molar-refractivity contribution in [2.45, 2.75) is 47.5 Å². The first kappa shape index (κ1) is 19.9. The molecule has 0 radical (unpaired) electrons. The molecule has 3 heteroatoms. The molecule has 0 aromatic heterocycles. The fraction of sp³-hybridized carbons (Fsp3) is 0.368. The monoisotopic (exact) mass is 306 g/mol. The van der Waals surface area contributed by atoms with Gasteiger partial charge in [0.25, 0.3) is 0 Å². The Kier molecular flexibility index (Phi) is 8.19. The van der Waals surface area contributed by atoms with Crippen LogP contribution in [-0.2, 0) is 0 Å². The van der Waals surface area contributed by atoms with Crippen LogP contribution in [0.4, 0.5) is 8.78 Å². The highest BCUT2D eigenvalue weighted by Gasteiger charge is 2.17. The molecule has 0 heterocycles. The highest BCUT2D eigenvalue weighted by Crippen LogP contribution is 2.34. The van der Waals surface area contributed by atoms with Crippen molar-refractivity contribution in [3.05, 3.63) is 41.0 Å². The van der Waals surface area contributed by atoms with Crippen molar-refractivity contribution in [3.8, 4) is 18.1 Å². The van der Waals surface area contributed by atoms with Crippen molar-refractivity contribution in [2.24, 2.45) is 0 Å². The fourth-order valence-corrected chi connectivity index (χ4v) is 2.09. The Morgan fingerprint density at radius 2 is 1.55 bits per heavy atom. The Hall–Kier alpha value is -2.08. The summed E-state index contributed by atoms with van der Waals surface area (Å²) in [7, 11) is 0. The third-order valence-corrected chi connectivity index (χ3v) is 2.92. The van der Waals surface area contributed by atoms with E-state index in [1.54, 1.807) is 0 Å². The lowest BCUT2D eigenvalue weighted by atomic mass is 9.92. The standard InChI is InChI=1S/C15H12F2O.2C2H6/c1-4-10-13(16)7-14(17)12-6-9(18)5-11(8(2)3)15(10)12;2*1-2/h1,5-8,18H,2-3H3;2*1-2H3. The Labute approximate surface area is 132 Å². The Balaban J connectivity index is 0.00000102. The Bertz CT molecular complexity index is 667. The van der Waals surface area contributed by atoms with E-state index in [1.807, 2.05) is 41.5 Å². The van der Waals surface area contributed by atoms with E-state index < -0.39 is 11.6 Å². The molecule has 0 spiro atoms. The number of halogens is 2. The number of terminal acetylenes is 1. The van der Waals surface area contributed by atoms with Gasteiger partial charge in [-0.1, -0.05) is 47.5 Å². The van der Waals surface area contributed by atoms with Gasteiger partial charge in [0.2, 0.25) is 0 Å². The summed E-state index contributed by atoms with van der Waals surface area (Å²) in [6.07, 6.45) is 5.30. The van der Waals surface area contributed by atoms with Crippen LogP contribution in [0.25, 0.3) is 10.8 Å². The van der Waals surface area contributed by atoms with E-state index in [4.69, 9.17) is 6.42 Å². The van der Waals surface area contributed by atoms with E-state index in [9.17, 15) is 13.9 Å². The van der Waals surface area contributed by atoms with Gasteiger partial charge in [0, 0.05) is 16.8 Å². The molecule has 1 N–H and O–H groups in total. The van der Waals surface area contributed by atoms with Gasteiger partial charge >= 0.3 is 0 Å². The fourth-order valence-electron chi connectivity index (χ4n) is 2.09. The minimum atomic E-state index is -0.755. The number of phenolic OH excluding ortho intramolecular Hbond substituents is 1. The van der Waals surface area contributed by atoms with E-state index in [2.05, 4.69) is 5.92 Å². The zero-order valence-electron chi connectivity index (χ0n) is 14.1. The van der Waals surface area contributed by atoms with Crippen molar-refractivity contribution in [1.29, 1.82) is 0 Å². The lowest BCUT2D eigenvalue weighted by Gasteiger charge is -2.14. The molecule has 0 bridgehead atoms. The van der Waals surface area contributed by atoms with E-state index in [1.165, 1.54) is 12.1 Å². The van der Waals surface area contributed by atoms with Crippen LogP contribution in [0, 0.1) is 24.0 Å². The van der Waals surface area contributed by atoms with Crippen LogP contribution in [0.2, 0.25) is 0 Å². The zero-order valence-corrected chi connectivity index (χ0v) is 14.1. The third kappa shape index (κ3) is 3.98. The molecule has 0 saturated carbocycles. The quantitative estimate of drug-likeness (QED) is 0.642. The summed E-state index contributed by atoms with van der Waals surface area (Å²) in [4.78, 5) is 0. The summed E-state index contributed by atoms with van der Waals surface area (Å²) < 4.78 is 27.4. The average Bonchev–Trinajstić information content (AvgIpc) is 2.51. The molecule has 2 aromatic carbocycles. The van der Waals surface area contributed by atoms with E-state index in [0.717, 1.165) is 6.07 Å². The van der Waals surface area contributed by atoms with Gasteiger partial charge in [0.1, 0.15) is 17.4 Å². The summed E-state index contributed by atoms with van der Waals surface area (Å²) in [6.45, 7) is 11.7. The normalized spacial score (nSPS) is 9.45. The predicted molar refractivity (Wildman–Crippen MR) is 90.2 cm³/mol. The second-order valence-corrected chi connectivity index (χ2v) is 4.47. The molecule has 2 rings (SSSR count). The predicted octanol–water partition coefficient (Wildman–Crippen LogP) is 5.98. The first-order chi connectivity index (χ1) is 10.5. The number of hydrogen-bond donors (Lipinski definition) is 1. The van der Waals surface area contributed by atoms with Gasteiger partial charge in [-0.15, -0.1) is 6.42 Å². The lowest BCUT2D eigenvalue weighted by Crippen LogP contribution is -1.97. The molecular weight excluding hydrogens is 282 g/mol. The topological polar surface area (TPSA) is 20.2 Å². The molecule has 0 fully saturated rings. The van der Waals surface area contributed by atoms with Gasteiger partial charge in [-0.05, 0) is 23.6 Å². The maximum Gasteiger partial charge on any atom is 0.142 e. The number of phenols is 1. The zero-order chi connectivity index (χ0) is 17.4. The minimum absolute atomic E-state index is 0.00657. The van der Waals surface area contributed by atoms with Crippen LogP contribution in [0.3, 0.4) is 0 Å². The van der Waals surface area contributed by atoms with Gasteiger partial charge in [0.05, 0.1) is 5.56 Å². The van der Waals surface area contributed by atoms with Gasteiger partial charge in [-0.2, -0.15) is 0 Å². The highest BCUT2D eigenvalue weighted by molar-refractivity contribution is 5.93. The van der Waals surface area contributed by atoms with Gasteiger partial charge < -0.3 is 5.11 Å². The van der Waals surface area contributed by atoms with Crippen LogP contribution in [0.5, 0.6) is 5.75 Å². The maximum atomic E-state index is 13.8. The molecule has 0 unspecified atom stereocenters. The minimum Gasteiger partial charge on any atom is -0.508 e. The van der Waals surface area contributed by atoms with Crippen molar-refractivity contribution in [3.63, 3.8) is 0 Å². The molecule has 1 nitrogen and oxygen atoms in total. The second-order valence-electron chi connectivity index (χ2n) is 4.47. The van der Waals surface area contributed by atoms with Crippen LogP contribution < -0.4 is 0 Å². The maximum absolute atomic E-state index is 13.8. The summed E-state index contributed by atoms with van der Waals surface area (Å²) in [6, 6.07) is 3.50. The number of benzene rings is 2. The largest absolute Gasteiger partial charge is 0.508 e. The Morgan fingerprint density at radius 1 is 1.00 bits per heavy atom. The Morgan fingerprint density at radius 3 is 2.00 bits per heavy atom. The van der Waals surface area contributed by atoms with E-state index in [0.29, 0.717) is 10.9 Å². The molecule has 0 amide bonds. The lowest BCUT2D eigenvalue weighted by molar-refractivity contribution is 0.474. The van der Waals surface area contributed by atoms with E-state index >= 15 is 0 Å². The highest BCUT2D eigenvalue weighted by atomic mass is 19.1. The molecule has 0 aliphatic rings. The van der Waals surface area contributed by atoms with Crippen molar-refractivity contribution < 1.29 is 13.9 Å². The molecule has 0 atom stereocenters. The molecule has 2 aromatic rings. The molecule has 0 saturated heterocycles. The van der Waals surface area contributed by atoms with Gasteiger partial charge in [-0.3, -0.25) is 0 Å². The molecule has 0 aliphatic heterocycles. The first-order valence-corrected chi connectivity index (χ1v) is 7.57. The molecule has 22 heavy (non-hydrogen) atoms. The van der Waals surface area contributed by atoms with Crippen LogP contribution in [-0.4, -0.2) is 5.11 Å². The number of hydrogen-bond acceptors (Lipinski definition) is 1. The van der Waals surface area contributed by atoms with Gasteiger partial charge in [-0.25, -0.2) is 8.78 Å². The summed E-state index contributed by atoms with van der Waals surface area (Å²) >= 11 is 0. The van der Waals surface area contributed by atoms with Crippen molar-refractivity contribution >= 4 is 10.8 Å². The number of fused-ring (bicyclic) bond motifs is 1. The SMILES string of the molecule is C#Cc1c(F)cc(F)c2cc(O)cc(C(C)C)c12.CC.CC. The van der Waals surface area contributed by atoms with E-state index in [-0.39, 0.29) is 22.6 Å². The summed E-state index contributed by atoms with van der Waals surface area (Å²) in [5.41, 5.74) is 0.673. The molecule has 120 valence electrons. The van der Waals surface area contributed by atoms with Crippen molar-refractivity contribution in [2.75, 3.05) is 0 Å². The van der Waals surface area contributed by atoms with Crippen molar-refractivity contribution in [1.82, 2.24) is 0 Å². The third-order valence-electron chi connectivity index (χ3n) is 2.92. The number of aromatic hydroxyl groups is 1. The number of rotatable bonds is 1. The van der Waals surface area contributed by atoms with Crippen LogP contribution in [0.1, 0.15) is 58.6 Å². The van der Waals surface area contributed by atoms with Crippen LogP contribution >= 0.6 is 0 Å². The average molecular weight is 306 g/mol. The first-order valence-electron chi connectivity index (χ1n) is 7.57. The summed E-state index contributed by atoms with van der Waals surface area (Å²) in [5.74, 6) is 0.717. The summed E-state index contributed by atoms with van der Waals surface area (Å²) in [5, 5.41) is 10.1. The second kappa shape index (κ2) is 9.04. The smallest absolute Gasteiger partial charge is 0.142 e. The molecular formula is C19H24F2O.